The topological polar surface area (TPSA) is 60.9 Å². The van der Waals surface area contributed by atoms with Crippen LogP contribution >= 0.6 is 11.3 Å². The van der Waals surface area contributed by atoms with Crippen LogP contribution in [0.25, 0.3) is 0 Å². The summed E-state index contributed by atoms with van der Waals surface area (Å²) in [6, 6.07) is 12.9. The summed E-state index contributed by atoms with van der Waals surface area (Å²) in [4.78, 5) is 28.4. The van der Waals surface area contributed by atoms with E-state index in [4.69, 9.17) is 9.90 Å². The fourth-order valence-electron chi connectivity index (χ4n) is 4.54. The number of piperidine rings is 1. The average molecular weight is 467 g/mol. The van der Waals surface area contributed by atoms with E-state index in [-0.39, 0.29) is 5.41 Å². The standard InChI is InChI=1S/C21H24N2OS.C2HF3O2/c24-20-21(9-11-22(12-10-21)15-17-4-3-13-25-17)18-5-1-2-6-19(18)23(20)14-16-7-8-16;3-2(4,5)1(6)7/h1-6,13,16H,7-12,14-15H2;(H,6,7). The first-order valence-electron chi connectivity index (χ1n) is 10.7. The second-order valence-electron chi connectivity index (χ2n) is 8.62. The van der Waals surface area contributed by atoms with Gasteiger partial charge in [-0.3, -0.25) is 9.69 Å². The van der Waals surface area contributed by atoms with Crippen LogP contribution in [-0.4, -0.2) is 47.7 Å². The fraction of sp³-hybridized carbons (Fsp3) is 0.478. The lowest BCUT2D eigenvalue weighted by Crippen LogP contribution is -2.48. The number of benzene rings is 1. The van der Waals surface area contributed by atoms with Crippen LogP contribution in [0.4, 0.5) is 18.9 Å². The van der Waals surface area contributed by atoms with Crippen LogP contribution in [0.15, 0.2) is 41.8 Å². The molecule has 1 saturated carbocycles. The number of rotatable bonds is 4. The van der Waals surface area contributed by atoms with Crippen LogP contribution in [-0.2, 0) is 21.5 Å². The van der Waals surface area contributed by atoms with Crippen LogP contribution in [0.2, 0.25) is 0 Å². The SMILES string of the molecule is O=C(O)C(F)(F)F.O=C1N(CC2CC2)c2ccccc2C12CCN(Cc1cccs1)CC2. The molecule has 0 unspecified atom stereocenters. The number of carboxylic acids is 1. The number of carbonyl (C=O) groups is 2. The summed E-state index contributed by atoms with van der Waals surface area (Å²) >= 11 is 1.83. The van der Waals surface area contributed by atoms with Crippen molar-refractivity contribution in [3.8, 4) is 0 Å². The Kier molecular flexibility index (Phi) is 6.31. The van der Waals surface area contributed by atoms with Crippen molar-refractivity contribution < 1.29 is 27.9 Å². The van der Waals surface area contributed by atoms with E-state index >= 15 is 0 Å². The number of hydrogen-bond acceptors (Lipinski definition) is 4. The van der Waals surface area contributed by atoms with Gasteiger partial charge >= 0.3 is 12.1 Å². The number of nitrogens with zero attached hydrogens (tertiary/aromatic N) is 2. The van der Waals surface area contributed by atoms with E-state index in [0.29, 0.717) is 5.91 Å². The number of carbonyl (C=O) groups excluding carboxylic acids is 1. The van der Waals surface area contributed by atoms with E-state index < -0.39 is 12.1 Å². The molecule has 5 rings (SSSR count). The van der Waals surface area contributed by atoms with Crippen molar-refractivity contribution in [1.82, 2.24) is 4.90 Å². The van der Waals surface area contributed by atoms with Crippen molar-refractivity contribution in [2.75, 3.05) is 24.5 Å². The Labute approximate surface area is 188 Å². The van der Waals surface area contributed by atoms with Crippen LogP contribution < -0.4 is 4.90 Å². The molecule has 5 nitrogen and oxygen atoms in total. The number of aliphatic carboxylic acids is 1. The van der Waals surface area contributed by atoms with Crippen LogP contribution in [0, 0.1) is 5.92 Å². The average Bonchev–Trinajstić information content (AvgIpc) is 3.39. The molecule has 1 aromatic heterocycles. The van der Waals surface area contributed by atoms with E-state index in [1.54, 1.807) is 0 Å². The predicted octanol–water partition coefficient (Wildman–Crippen LogP) is 4.67. The molecule has 1 aromatic carbocycles. The van der Waals surface area contributed by atoms with Crippen LogP contribution in [0.3, 0.4) is 0 Å². The molecule has 9 heteroatoms. The van der Waals surface area contributed by atoms with Gasteiger partial charge in [-0.25, -0.2) is 4.79 Å². The normalized spacial score (nSPS) is 20.1. The predicted molar refractivity (Wildman–Crippen MR) is 116 cm³/mol. The lowest BCUT2D eigenvalue weighted by Gasteiger charge is -2.38. The second kappa shape index (κ2) is 8.86. The summed E-state index contributed by atoms with van der Waals surface area (Å²) in [7, 11) is 0. The summed E-state index contributed by atoms with van der Waals surface area (Å²) in [6.07, 6.45) is -0.605. The Hall–Kier alpha value is -2.39. The van der Waals surface area contributed by atoms with Gasteiger partial charge in [0.1, 0.15) is 0 Å². The smallest absolute Gasteiger partial charge is 0.475 e. The Bertz CT molecular complexity index is 965. The molecule has 0 atom stereocenters. The summed E-state index contributed by atoms with van der Waals surface area (Å²) in [5.74, 6) is -1.66. The van der Waals surface area contributed by atoms with Gasteiger partial charge < -0.3 is 10.0 Å². The van der Waals surface area contributed by atoms with E-state index in [9.17, 15) is 18.0 Å². The number of fused-ring (bicyclic) bond motifs is 2. The van der Waals surface area contributed by atoms with E-state index in [2.05, 4.69) is 51.6 Å². The third-order valence-electron chi connectivity index (χ3n) is 6.41. The quantitative estimate of drug-likeness (QED) is 0.711. The van der Waals surface area contributed by atoms with Gasteiger partial charge in [-0.05, 0) is 67.8 Å². The molecule has 32 heavy (non-hydrogen) atoms. The Morgan fingerprint density at radius 1 is 1.12 bits per heavy atom. The van der Waals surface area contributed by atoms with Crippen molar-refractivity contribution in [1.29, 1.82) is 0 Å². The zero-order valence-corrected chi connectivity index (χ0v) is 18.3. The maximum absolute atomic E-state index is 13.4. The Morgan fingerprint density at radius 2 is 1.78 bits per heavy atom. The number of carboxylic acid groups (broad SMARTS) is 1. The number of likely N-dealkylation sites (tertiary alicyclic amines) is 1. The molecule has 1 N–H and O–H groups in total. The number of para-hydroxylation sites is 1. The molecule has 172 valence electrons. The van der Waals surface area contributed by atoms with Crippen molar-refractivity contribution in [2.45, 2.75) is 43.8 Å². The molecule has 2 aliphatic heterocycles. The zero-order chi connectivity index (χ0) is 22.9. The highest BCUT2D eigenvalue weighted by Gasteiger charge is 2.52. The highest BCUT2D eigenvalue weighted by Crippen LogP contribution is 2.49. The maximum atomic E-state index is 13.4. The molecule has 1 saturated heterocycles. The molecule has 0 bridgehead atoms. The van der Waals surface area contributed by atoms with Gasteiger partial charge in [0.2, 0.25) is 5.91 Å². The molecule has 3 heterocycles. The second-order valence-corrected chi connectivity index (χ2v) is 9.65. The maximum Gasteiger partial charge on any atom is 0.490 e. The van der Waals surface area contributed by atoms with Crippen LogP contribution in [0.5, 0.6) is 0 Å². The molecule has 0 radical (unpaired) electrons. The molecule has 3 aliphatic rings. The monoisotopic (exact) mass is 466 g/mol. The van der Waals surface area contributed by atoms with Gasteiger partial charge in [0.25, 0.3) is 0 Å². The number of amides is 1. The molecule has 1 spiro atoms. The minimum Gasteiger partial charge on any atom is -0.475 e. The van der Waals surface area contributed by atoms with E-state index in [1.807, 2.05) is 11.3 Å². The first-order chi connectivity index (χ1) is 15.2. The van der Waals surface area contributed by atoms with Gasteiger partial charge in [0.15, 0.2) is 0 Å². The number of hydrogen-bond donors (Lipinski definition) is 1. The van der Waals surface area contributed by atoms with Crippen molar-refractivity contribution in [2.24, 2.45) is 5.92 Å². The highest BCUT2D eigenvalue weighted by molar-refractivity contribution is 7.09. The van der Waals surface area contributed by atoms with Crippen molar-refractivity contribution >= 4 is 28.9 Å². The third kappa shape index (κ3) is 4.68. The molecule has 1 amide bonds. The minimum atomic E-state index is -5.08. The van der Waals surface area contributed by atoms with E-state index in [1.165, 1.54) is 29.0 Å². The number of thiophene rings is 1. The minimum absolute atomic E-state index is 0.266. The third-order valence-corrected chi connectivity index (χ3v) is 7.28. The molecule has 2 aromatic rings. The van der Waals surface area contributed by atoms with Crippen molar-refractivity contribution in [3.63, 3.8) is 0 Å². The summed E-state index contributed by atoms with van der Waals surface area (Å²) < 4.78 is 31.7. The number of alkyl halides is 3. The lowest BCUT2D eigenvalue weighted by atomic mass is 9.73. The lowest BCUT2D eigenvalue weighted by molar-refractivity contribution is -0.192. The first kappa shape index (κ1) is 22.8. The Morgan fingerprint density at radius 3 is 2.34 bits per heavy atom. The van der Waals surface area contributed by atoms with Crippen molar-refractivity contribution in [3.05, 3.63) is 52.2 Å². The highest BCUT2D eigenvalue weighted by atomic mass is 32.1. The van der Waals surface area contributed by atoms with E-state index in [0.717, 1.165) is 44.9 Å². The summed E-state index contributed by atoms with van der Waals surface area (Å²) in [6.45, 7) is 3.97. The fourth-order valence-corrected chi connectivity index (χ4v) is 5.28. The van der Waals surface area contributed by atoms with Gasteiger partial charge in [-0.1, -0.05) is 24.3 Å². The summed E-state index contributed by atoms with van der Waals surface area (Å²) in [5, 5.41) is 9.27. The van der Waals surface area contributed by atoms with Gasteiger partial charge in [0, 0.05) is 23.7 Å². The molecule has 2 fully saturated rings. The van der Waals surface area contributed by atoms with Gasteiger partial charge in [-0.2, -0.15) is 13.2 Å². The number of halogens is 3. The zero-order valence-electron chi connectivity index (χ0n) is 17.5. The summed E-state index contributed by atoms with van der Waals surface area (Å²) in [5.41, 5.74) is 2.21. The molecule has 1 aliphatic carbocycles. The number of anilines is 1. The largest absolute Gasteiger partial charge is 0.490 e. The molecular weight excluding hydrogens is 441 g/mol. The Balaban J connectivity index is 0.000000307. The first-order valence-corrected chi connectivity index (χ1v) is 11.5. The molecular formula is C23H25F3N2O3S. The van der Waals surface area contributed by atoms with Gasteiger partial charge in [0.05, 0.1) is 5.41 Å². The van der Waals surface area contributed by atoms with Gasteiger partial charge in [-0.15, -0.1) is 11.3 Å². The van der Waals surface area contributed by atoms with Crippen LogP contribution in [0.1, 0.15) is 36.1 Å².